The van der Waals surface area contributed by atoms with Gasteiger partial charge >= 0.3 is 12.1 Å². The van der Waals surface area contributed by atoms with Crippen LogP contribution in [0.25, 0.3) is 17.0 Å². The Morgan fingerprint density at radius 1 is 1.11 bits per heavy atom. The highest BCUT2D eigenvalue weighted by atomic mass is 35.5. The zero-order chi connectivity index (χ0) is 33.6. The first-order valence-electron chi connectivity index (χ1n) is 14.3. The molecule has 0 radical (unpaired) electrons. The molecule has 2 aromatic heterocycles. The van der Waals surface area contributed by atoms with Crippen LogP contribution >= 0.6 is 22.9 Å². The molecule has 0 bridgehead atoms. The number of hydrogen-bond donors (Lipinski definition) is 0. The molecule has 0 spiro atoms. The number of para-hydroxylation sites is 1. The van der Waals surface area contributed by atoms with Crippen LogP contribution < -0.4 is 14.9 Å². The number of carbonyl (C=O) groups excluding carboxylic acids is 1. The molecule has 1 aliphatic rings. The largest absolute Gasteiger partial charge is 0.463 e. The van der Waals surface area contributed by atoms with Gasteiger partial charge in [-0.15, -0.1) is 0 Å². The fourth-order valence-corrected chi connectivity index (χ4v) is 6.79. The van der Waals surface area contributed by atoms with Gasteiger partial charge in [-0.1, -0.05) is 65.4 Å². The Labute approximate surface area is 273 Å². The topological polar surface area (TPSA) is 109 Å². The maximum absolute atomic E-state index is 14.5. The number of nitro benzene ring substituents is 1. The number of rotatable bonds is 7. The number of esters is 1. The maximum Gasteiger partial charge on any atom is 0.434 e. The predicted octanol–water partition coefficient (Wildman–Crippen LogP) is 6.21. The molecule has 0 saturated heterocycles. The molecule has 9 nitrogen and oxygen atoms in total. The highest BCUT2D eigenvalue weighted by molar-refractivity contribution is 7.07. The van der Waals surface area contributed by atoms with Gasteiger partial charge in [0.15, 0.2) is 10.5 Å². The van der Waals surface area contributed by atoms with E-state index in [9.17, 15) is 32.9 Å². The number of thiazole rings is 1. The SMILES string of the molecule is CCOC(=O)C1=C(C(F)(F)F)N=c2s/c(=C\c3c(C)n(Cc4ccc([N+](=O)[O-])cc4)c4ccccc34)c(=O)n2[C@H]1c1ccc(Cl)cc1. The quantitative estimate of drug-likeness (QED) is 0.115. The fourth-order valence-electron chi connectivity index (χ4n) is 5.68. The first-order chi connectivity index (χ1) is 22.4. The summed E-state index contributed by atoms with van der Waals surface area (Å²) in [5, 5.41) is 12.2. The number of carbonyl (C=O) groups is 1. The minimum absolute atomic E-state index is 0.0319. The molecule has 240 valence electrons. The summed E-state index contributed by atoms with van der Waals surface area (Å²) < 4.78 is 51.6. The molecule has 3 heterocycles. The van der Waals surface area contributed by atoms with Crippen LogP contribution in [-0.2, 0) is 16.1 Å². The van der Waals surface area contributed by atoms with Gasteiger partial charge in [0.05, 0.1) is 27.7 Å². The first-order valence-corrected chi connectivity index (χ1v) is 15.4. The van der Waals surface area contributed by atoms with Gasteiger partial charge in [0.2, 0.25) is 0 Å². The molecule has 5 aromatic rings. The summed E-state index contributed by atoms with van der Waals surface area (Å²) >= 11 is 6.84. The molecular weight excluding hydrogens is 657 g/mol. The van der Waals surface area contributed by atoms with Gasteiger partial charge in [-0.2, -0.15) is 13.2 Å². The number of non-ortho nitro benzene ring substituents is 1. The van der Waals surface area contributed by atoms with Crippen LogP contribution in [-0.4, -0.2) is 32.8 Å². The van der Waals surface area contributed by atoms with Gasteiger partial charge in [-0.3, -0.25) is 19.5 Å². The van der Waals surface area contributed by atoms with Crippen LogP contribution in [0, 0.1) is 17.0 Å². The second-order valence-corrected chi connectivity index (χ2v) is 12.1. The van der Waals surface area contributed by atoms with E-state index in [1.54, 1.807) is 18.2 Å². The molecule has 0 N–H and O–H groups in total. The number of allylic oxidation sites excluding steroid dienone is 1. The lowest BCUT2D eigenvalue weighted by atomic mass is 9.95. The van der Waals surface area contributed by atoms with Crippen molar-refractivity contribution in [3.63, 3.8) is 0 Å². The van der Waals surface area contributed by atoms with Crippen LogP contribution in [0.1, 0.15) is 35.3 Å². The van der Waals surface area contributed by atoms with Gasteiger partial charge in [0.25, 0.3) is 11.2 Å². The van der Waals surface area contributed by atoms with E-state index in [1.807, 2.05) is 35.8 Å². The summed E-state index contributed by atoms with van der Waals surface area (Å²) in [7, 11) is 0. The number of aromatic nitrogens is 2. The van der Waals surface area contributed by atoms with Crippen LogP contribution in [0.5, 0.6) is 0 Å². The molecule has 1 aliphatic heterocycles. The van der Waals surface area contributed by atoms with Crippen molar-refractivity contribution < 1.29 is 27.6 Å². The fraction of sp³-hybridized carbons (Fsp3) is 0.182. The van der Waals surface area contributed by atoms with Crippen molar-refractivity contribution in [1.82, 2.24) is 9.13 Å². The number of halogens is 4. The maximum atomic E-state index is 14.5. The van der Waals surface area contributed by atoms with Gasteiger partial charge < -0.3 is 9.30 Å². The smallest absolute Gasteiger partial charge is 0.434 e. The molecule has 14 heteroatoms. The summed E-state index contributed by atoms with van der Waals surface area (Å²) in [6.45, 7) is 3.51. The molecular formula is C33H24ClF3N4O5S. The Kier molecular flexibility index (Phi) is 8.36. The van der Waals surface area contributed by atoms with Crippen LogP contribution in [0.3, 0.4) is 0 Å². The van der Waals surface area contributed by atoms with Gasteiger partial charge in [-0.25, -0.2) is 9.79 Å². The molecule has 0 aliphatic carbocycles. The number of alkyl halides is 3. The average Bonchev–Trinajstić information content (AvgIpc) is 3.49. The summed E-state index contributed by atoms with van der Waals surface area (Å²) in [5.74, 6) is -1.23. The zero-order valence-corrected chi connectivity index (χ0v) is 26.3. The first kappa shape index (κ1) is 32.0. The number of hydrogen-bond acceptors (Lipinski definition) is 7. The second kappa shape index (κ2) is 12.3. The monoisotopic (exact) mass is 680 g/mol. The molecule has 0 amide bonds. The van der Waals surface area contributed by atoms with Crippen LogP contribution in [0.15, 0.2) is 93.9 Å². The average molecular weight is 681 g/mol. The number of nitro groups is 1. The van der Waals surface area contributed by atoms with Crippen molar-refractivity contribution in [2.24, 2.45) is 4.99 Å². The molecule has 0 fully saturated rings. The summed E-state index contributed by atoms with van der Waals surface area (Å²) in [5.41, 5.74) is 0.377. The molecule has 3 aromatic carbocycles. The Hall–Kier alpha value is -5.01. The highest BCUT2D eigenvalue weighted by Gasteiger charge is 2.45. The van der Waals surface area contributed by atoms with Crippen molar-refractivity contribution in [3.05, 3.63) is 141 Å². The summed E-state index contributed by atoms with van der Waals surface area (Å²) in [4.78, 5) is 41.5. The van der Waals surface area contributed by atoms with Gasteiger partial charge in [0.1, 0.15) is 0 Å². The predicted molar refractivity (Wildman–Crippen MR) is 171 cm³/mol. The lowest BCUT2D eigenvalue weighted by molar-refractivity contribution is -0.384. The Morgan fingerprint density at radius 2 is 1.79 bits per heavy atom. The molecule has 0 saturated carbocycles. The van der Waals surface area contributed by atoms with Gasteiger partial charge in [0, 0.05) is 45.9 Å². The normalized spacial score (nSPS) is 15.1. The van der Waals surface area contributed by atoms with Gasteiger partial charge in [-0.05, 0) is 49.2 Å². The van der Waals surface area contributed by atoms with Crippen molar-refractivity contribution >= 4 is 51.6 Å². The molecule has 6 rings (SSSR count). The summed E-state index contributed by atoms with van der Waals surface area (Å²) in [6, 6.07) is 18.0. The molecule has 0 unspecified atom stereocenters. The Morgan fingerprint density at radius 3 is 2.43 bits per heavy atom. The van der Waals surface area contributed by atoms with Crippen molar-refractivity contribution in [3.8, 4) is 0 Å². The van der Waals surface area contributed by atoms with E-state index in [4.69, 9.17) is 16.3 Å². The van der Waals surface area contributed by atoms with E-state index in [0.717, 1.165) is 38.1 Å². The molecule has 47 heavy (non-hydrogen) atoms. The standard InChI is InChI=1S/C33H24ClF3N4O5S/c1-3-46-31(43)27-28(20-10-12-21(34)13-11-20)40-30(42)26(47-32(40)38-29(27)33(35,36)37)16-24-18(2)39(25-7-5-4-6-23(24)25)17-19-8-14-22(15-9-19)41(44)45/h4-16,28H,3,17H2,1-2H3/b26-16-/t28-/m0/s1. The van der Waals surface area contributed by atoms with E-state index >= 15 is 0 Å². The summed E-state index contributed by atoms with van der Waals surface area (Å²) in [6.07, 6.45) is -3.40. The number of benzene rings is 3. The zero-order valence-electron chi connectivity index (χ0n) is 24.7. The van der Waals surface area contributed by atoms with E-state index in [0.29, 0.717) is 17.1 Å². The Bertz CT molecular complexity index is 2270. The van der Waals surface area contributed by atoms with Crippen molar-refractivity contribution in [2.75, 3.05) is 6.61 Å². The Balaban J connectivity index is 1.56. The van der Waals surface area contributed by atoms with Crippen molar-refractivity contribution in [1.29, 1.82) is 0 Å². The van der Waals surface area contributed by atoms with Crippen LogP contribution in [0.4, 0.5) is 18.9 Å². The third kappa shape index (κ3) is 5.87. The van der Waals surface area contributed by atoms with Crippen molar-refractivity contribution in [2.45, 2.75) is 32.6 Å². The van der Waals surface area contributed by atoms with E-state index in [2.05, 4.69) is 4.99 Å². The lowest BCUT2D eigenvalue weighted by Crippen LogP contribution is -2.41. The minimum Gasteiger partial charge on any atom is -0.463 e. The lowest BCUT2D eigenvalue weighted by Gasteiger charge is -2.26. The third-order valence-corrected chi connectivity index (χ3v) is 9.06. The number of ether oxygens (including phenoxy) is 1. The number of fused-ring (bicyclic) bond motifs is 2. The van der Waals surface area contributed by atoms with E-state index in [-0.39, 0.29) is 27.2 Å². The van der Waals surface area contributed by atoms with E-state index < -0.39 is 39.9 Å². The highest BCUT2D eigenvalue weighted by Crippen LogP contribution is 2.38. The molecule has 1 atom stereocenters. The van der Waals surface area contributed by atoms with Crippen LogP contribution in [0.2, 0.25) is 5.02 Å². The minimum atomic E-state index is -5.02. The second-order valence-electron chi connectivity index (χ2n) is 10.6. The van der Waals surface area contributed by atoms with E-state index in [1.165, 1.54) is 43.3 Å². The third-order valence-electron chi connectivity index (χ3n) is 7.82. The number of nitrogens with zero attached hydrogens (tertiary/aromatic N) is 4.